The molecule has 0 aliphatic rings. The van der Waals surface area contributed by atoms with E-state index >= 15 is 0 Å². The third kappa shape index (κ3) is 5.17. The van der Waals surface area contributed by atoms with Gasteiger partial charge in [0, 0.05) is 11.1 Å². The van der Waals surface area contributed by atoms with Crippen molar-refractivity contribution < 1.29 is 18.9 Å². The van der Waals surface area contributed by atoms with Gasteiger partial charge >= 0.3 is 0 Å². The van der Waals surface area contributed by atoms with E-state index in [0.29, 0.717) is 36.2 Å². The standard InChI is InChI=1S/C20H26O4S2/c1-21-17-9-3-7-15(19(17)23-11-5-13-25)16-8-4-10-18(22-2)20(16)24-12-6-14-26/h3-4,7-10,25-26H,5-6,11-14H2,1-2H3. The summed E-state index contributed by atoms with van der Waals surface area (Å²) in [4.78, 5) is 0. The summed E-state index contributed by atoms with van der Waals surface area (Å²) < 4.78 is 23.1. The lowest BCUT2D eigenvalue weighted by Crippen LogP contribution is -2.04. The lowest BCUT2D eigenvalue weighted by Gasteiger charge is -2.19. The normalized spacial score (nSPS) is 10.5. The molecule has 0 atom stereocenters. The maximum atomic E-state index is 6.03. The Balaban J connectivity index is 2.49. The quantitative estimate of drug-likeness (QED) is 0.425. The average Bonchev–Trinajstić information content (AvgIpc) is 2.68. The number of hydrogen-bond acceptors (Lipinski definition) is 6. The number of methoxy groups -OCH3 is 2. The van der Waals surface area contributed by atoms with Gasteiger partial charge in [-0.2, -0.15) is 25.3 Å². The molecule has 0 fully saturated rings. The molecule has 0 saturated carbocycles. The van der Waals surface area contributed by atoms with E-state index in [2.05, 4.69) is 25.3 Å². The van der Waals surface area contributed by atoms with Gasteiger partial charge in [-0.05, 0) is 36.5 Å². The second kappa shape index (κ2) is 11.1. The number of para-hydroxylation sites is 2. The number of ether oxygens (including phenoxy) is 4. The molecule has 0 heterocycles. The first kappa shape index (κ1) is 20.6. The molecule has 2 aromatic rings. The smallest absolute Gasteiger partial charge is 0.169 e. The van der Waals surface area contributed by atoms with Crippen LogP contribution in [0.3, 0.4) is 0 Å². The SMILES string of the molecule is COc1cccc(-c2cccc(OC)c2OCCCS)c1OCCCS. The molecule has 0 unspecified atom stereocenters. The molecule has 0 spiro atoms. The van der Waals surface area contributed by atoms with E-state index in [1.54, 1.807) is 14.2 Å². The highest BCUT2D eigenvalue weighted by Crippen LogP contribution is 2.45. The highest BCUT2D eigenvalue weighted by molar-refractivity contribution is 7.80. The van der Waals surface area contributed by atoms with Crippen molar-refractivity contribution in [3.8, 4) is 34.1 Å². The Morgan fingerprint density at radius 3 is 1.46 bits per heavy atom. The van der Waals surface area contributed by atoms with Crippen molar-refractivity contribution in [2.45, 2.75) is 12.8 Å². The zero-order valence-corrected chi connectivity index (χ0v) is 17.0. The first-order valence-corrected chi connectivity index (χ1v) is 9.85. The van der Waals surface area contributed by atoms with Gasteiger partial charge in [0.05, 0.1) is 27.4 Å². The molecule has 2 rings (SSSR count). The van der Waals surface area contributed by atoms with Crippen LogP contribution in [0.4, 0.5) is 0 Å². The zero-order valence-electron chi connectivity index (χ0n) is 15.2. The van der Waals surface area contributed by atoms with Crippen LogP contribution in [0.1, 0.15) is 12.8 Å². The van der Waals surface area contributed by atoms with Gasteiger partial charge in [0.2, 0.25) is 0 Å². The molecule has 0 radical (unpaired) electrons. The number of rotatable bonds is 11. The lowest BCUT2D eigenvalue weighted by molar-refractivity contribution is 0.292. The molecule has 26 heavy (non-hydrogen) atoms. The number of thiol groups is 2. The zero-order chi connectivity index (χ0) is 18.8. The second-order valence-corrected chi connectivity index (χ2v) is 6.42. The maximum absolute atomic E-state index is 6.03. The van der Waals surface area contributed by atoms with Gasteiger partial charge in [0.1, 0.15) is 0 Å². The summed E-state index contributed by atoms with van der Waals surface area (Å²) in [6.45, 7) is 1.13. The predicted octanol–water partition coefficient (Wildman–Crippen LogP) is 4.77. The molecule has 6 heteroatoms. The first-order valence-electron chi connectivity index (χ1n) is 8.58. The van der Waals surface area contributed by atoms with E-state index in [4.69, 9.17) is 18.9 Å². The van der Waals surface area contributed by atoms with Gasteiger partial charge in [-0.1, -0.05) is 24.3 Å². The molecular formula is C20H26O4S2. The highest BCUT2D eigenvalue weighted by Gasteiger charge is 2.19. The molecule has 142 valence electrons. The van der Waals surface area contributed by atoms with E-state index in [1.165, 1.54) is 0 Å². The minimum absolute atomic E-state index is 0.566. The Morgan fingerprint density at radius 2 is 1.12 bits per heavy atom. The minimum atomic E-state index is 0.566. The predicted molar refractivity (Wildman–Crippen MR) is 113 cm³/mol. The average molecular weight is 395 g/mol. The molecule has 0 aliphatic heterocycles. The summed E-state index contributed by atoms with van der Waals surface area (Å²) in [7, 11) is 3.28. The Hall–Kier alpha value is -1.66. The van der Waals surface area contributed by atoms with Crippen LogP contribution in [0.5, 0.6) is 23.0 Å². The van der Waals surface area contributed by atoms with E-state index in [9.17, 15) is 0 Å². The van der Waals surface area contributed by atoms with E-state index in [0.717, 1.165) is 35.5 Å². The fourth-order valence-electron chi connectivity index (χ4n) is 2.55. The molecule has 0 saturated heterocycles. The molecule has 0 amide bonds. The molecule has 0 aliphatic carbocycles. The fraction of sp³-hybridized carbons (Fsp3) is 0.400. The summed E-state index contributed by atoms with van der Waals surface area (Å²) in [5.74, 6) is 4.30. The molecule has 0 N–H and O–H groups in total. The Morgan fingerprint density at radius 1 is 0.692 bits per heavy atom. The monoisotopic (exact) mass is 394 g/mol. The summed E-state index contributed by atoms with van der Waals surface area (Å²) in [6.07, 6.45) is 1.70. The fourth-order valence-corrected chi connectivity index (χ4v) is 2.81. The van der Waals surface area contributed by atoms with Crippen molar-refractivity contribution in [2.75, 3.05) is 38.9 Å². The summed E-state index contributed by atoms with van der Waals surface area (Å²) in [5, 5.41) is 0. The molecule has 2 aromatic carbocycles. The maximum Gasteiger partial charge on any atom is 0.169 e. The van der Waals surface area contributed by atoms with Gasteiger partial charge in [0.25, 0.3) is 0 Å². The Labute approximate surface area is 166 Å². The van der Waals surface area contributed by atoms with Crippen LogP contribution in [-0.2, 0) is 0 Å². The van der Waals surface area contributed by atoms with Crippen LogP contribution in [0.15, 0.2) is 36.4 Å². The van der Waals surface area contributed by atoms with Crippen LogP contribution in [0.25, 0.3) is 11.1 Å². The minimum Gasteiger partial charge on any atom is -0.493 e. The summed E-state index contributed by atoms with van der Waals surface area (Å²) in [6, 6.07) is 11.7. The Bertz CT molecular complexity index is 632. The summed E-state index contributed by atoms with van der Waals surface area (Å²) >= 11 is 8.50. The van der Waals surface area contributed by atoms with Crippen molar-refractivity contribution in [3.05, 3.63) is 36.4 Å². The van der Waals surface area contributed by atoms with Gasteiger partial charge in [-0.15, -0.1) is 0 Å². The second-order valence-electron chi connectivity index (χ2n) is 5.53. The number of hydrogen-bond donors (Lipinski definition) is 2. The van der Waals surface area contributed by atoms with E-state index in [-0.39, 0.29) is 0 Å². The van der Waals surface area contributed by atoms with Crippen molar-refractivity contribution in [3.63, 3.8) is 0 Å². The summed E-state index contributed by atoms with van der Waals surface area (Å²) in [5.41, 5.74) is 1.81. The molecule has 0 aromatic heterocycles. The third-order valence-electron chi connectivity index (χ3n) is 3.79. The lowest BCUT2D eigenvalue weighted by atomic mass is 10.0. The number of benzene rings is 2. The molecule has 0 bridgehead atoms. The van der Waals surface area contributed by atoms with Crippen molar-refractivity contribution >= 4 is 25.3 Å². The molecular weight excluding hydrogens is 368 g/mol. The largest absolute Gasteiger partial charge is 0.493 e. The van der Waals surface area contributed by atoms with E-state index in [1.807, 2.05) is 36.4 Å². The van der Waals surface area contributed by atoms with Gasteiger partial charge in [0.15, 0.2) is 23.0 Å². The third-order valence-corrected chi connectivity index (χ3v) is 4.42. The van der Waals surface area contributed by atoms with Crippen LogP contribution < -0.4 is 18.9 Å². The van der Waals surface area contributed by atoms with E-state index < -0.39 is 0 Å². The topological polar surface area (TPSA) is 36.9 Å². The highest BCUT2D eigenvalue weighted by atomic mass is 32.1. The van der Waals surface area contributed by atoms with Crippen molar-refractivity contribution in [1.82, 2.24) is 0 Å². The van der Waals surface area contributed by atoms with Gasteiger partial charge in [-0.25, -0.2) is 0 Å². The van der Waals surface area contributed by atoms with Gasteiger partial charge < -0.3 is 18.9 Å². The van der Waals surface area contributed by atoms with Crippen LogP contribution >= 0.6 is 25.3 Å². The van der Waals surface area contributed by atoms with Crippen LogP contribution in [-0.4, -0.2) is 38.9 Å². The Kier molecular flexibility index (Phi) is 8.85. The van der Waals surface area contributed by atoms with Gasteiger partial charge in [-0.3, -0.25) is 0 Å². The van der Waals surface area contributed by atoms with Crippen molar-refractivity contribution in [2.24, 2.45) is 0 Å². The first-order chi connectivity index (χ1) is 12.8. The van der Waals surface area contributed by atoms with Crippen LogP contribution in [0.2, 0.25) is 0 Å². The van der Waals surface area contributed by atoms with Crippen molar-refractivity contribution in [1.29, 1.82) is 0 Å². The molecule has 4 nitrogen and oxygen atoms in total. The van der Waals surface area contributed by atoms with Crippen LogP contribution in [0, 0.1) is 0 Å².